The van der Waals surface area contributed by atoms with E-state index in [1.54, 1.807) is 0 Å². The molecule has 1 fully saturated rings. The van der Waals surface area contributed by atoms with Crippen molar-refractivity contribution >= 4 is 0 Å². The third kappa shape index (κ3) is 1.56. The molecule has 1 rings (SSSR count). The second kappa shape index (κ2) is 2.61. The number of ether oxygens (including phenoxy) is 2. The zero-order valence-electron chi connectivity index (χ0n) is 7.47. The van der Waals surface area contributed by atoms with E-state index in [1.807, 2.05) is 39.8 Å². The van der Waals surface area contributed by atoms with E-state index in [4.69, 9.17) is 9.47 Å². The maximum atomic E-state index is 5.47. The van der Waals surface area contributed by atoms with Crippen LogP contribution in [-0.2, 0) is 9.47 Å². The highest BCUT2D eigenvalue weighted by Gasteiger charge is 2.32. The van der Waals surface area contributed by atoms with Crippen molar-refractivity contribution in [1.29, 1.82) is 0 Å². The average Bonchev–Trinajstić information content (AvgIpc) is 2.25. The lowest BCUT2D eigenvalue weighted by Crippen LogP contribution is -2.18. The highest BCUT2D eigenvalue weighted by Crippen LogP contribution is 2.33. The maximum Gasteiger partial charge on any atom is 0.246 e. The third-order valence-electron chi connectivity index (χ3n) is 1.48. The monoisotopic (exact) mass is 154 g/mol. The minimum Gasteiger partial charge on any atom is -0.449 e. The normalized spacial score (nSPS) is 28.7. The van der Waals surface area contributed by atoms with Crippen molar-refractivity contribution in [3.63, 3.8) is 0 Å². The molecule has 0 aromatic rings. The molecule has 0 aromatic heterocycles. The summed E-state index contributed by atoms with van der Waals surface area (Å²) in [5, 5.41) is 0. The van der Waals surface area contributed by atoms with Gasteiger partial charge in [0.15, 0.2) is 11.5 Å². The van der Waals surface area contributed by atoms with E-state index in [0.717, 1.165) is 11.5 Å². The average molecular weight is 154 g/mol. The fourth-order valence-electron chi connectivity index (χ4n) is 1.05. The summed E-state index contributed by atoms with van der Waals surface area (Å²) in [5.41, 5.74) is 0. The highest BCUT2D eigenvalue weighted by molar-refractivity contribution is 5.22. The van der Waals surface area contributed by atoms with Crippen molar-refractivity contribution in [3.8, 4) is 0 Å². The van der Waals surface area contributed by atoms with Crippen LogP contribution in [0.15, 0.2) is 23.7 Å². The number of allylic oxidation sites excluding steroid dienone is 2. The van der Waals surface area contributed by atoms with Crippen molar-refractivity contribution in [2.24, 2.45) is 0 Å². The Morgan fingerprint density at radius 2 is 1.36 bits per heavy atom. The van der Waals surface area contributed by atoms with Crippen molar-refractivity contribution in [3.05, 3.63) is 23.7 Å². The first-order valence-corrected chi connectivity index (χ1v) is 3.80. The molecule has 2 heteroatoms. The second-order valence-corrected chi connectivity index (χ2v) is 2.91. The van der Waals surface area contributed by atoms with Crippen molar-refractivity contribution < 1.29 is 9.47 Å². The predicted octanol–water partition coefficient (Wildman–Crippen LogP) is 2.58. The van der Waals surface area contributed by atoms with Gasteiger partial charge in [0.2, 0.25) is 5.79 Å². The molecule has 0 radical (unpaired) electrons. The van der Waals surface area contributed by atoms with Crippen LogP contribution in [0.3, 0.4) is 0 Å². The Hall–Kier alpha value is -0.920. The van der Waals surface area contributed by atoms with Crippen LogP contribution < -0.4 is 0 Å². The smallest absolute Gasteiger partial charge is 0.246 e. The first-order chi connectivity index (χ1) is 5.09. The van der Waals surface area contributed by atoms with Crippen LogP contribution in [0.2, 0.25) is 0 Å². The van der Waals surface area contributed by atoms with Crippen LogP contribution in [0, 0.1) is 0 Å². The summed E-state index contributed by atoms with van der Waals surface area (Å²) < 4.78 is 10.9. The standard InChI is InChI=1S/C9H14O2/c1-5-7-8(6-2)11-9(3,4)10-7/h5-6H,1-4H3. The van der Waals surface area contributed by atoms with Gasteiger partial charge in [-0.15, -0.1) is 0 Å². The number of hydrogen-bond acceptors (Lipinski definition) is 2. The molecule has 1 aliphatic rings. The topological polar surface area (TPSA) is 18.5 Å². The molecule has 2 nitrogen and oxygen atoms in total. The molecule has 0 saturated carbocycles. The van der Waals surface area contributed by atoms with Crippen molar-refractivity contribution in [2.45, 2.75) is 33.5 Å². The molecule has 62 valence electrons. The molecule has 1 heterocycles. The van der Waals surface area contributed by atoms with Gasteiger partial charge in [0.05, 0.1) is 0 Å². The van der Waals surface area contributed by atoms with Gasteiger partial charge in [-0.05, 0) is 26.0 Å². The summed E-state index contributed by atoms with van der Waals surface area (Å²) in [5.74, 6) is 1.17. The van der Waals surface area contributed by atoms with Gasteiger partial charge in [-0.3, -0.25) is 0 Å². The first kappa shape index (κ1) is 8.18. The summed E-state index contributed by atoms with van der Waals surface area (Å²) in [6.07, 6.45) is 3.81. The lowest BCUT2D eigenvalue weighted by atomic mass is 10.4. The number of hydrogen-bond donors (Lipinski definition) is 0. The molecule has 0 atom stereocenters. The lowest BCUT2D eigenvalue weighted by Gasteiger charge is -2.15. The molecular weight excluding hydrogens is 140 g/mol. The van der Waals surface area contributed by atoms with E-state index in [-0.39, 0.29) is 0 Å². The quantitative estimate of drug-likeness (QED) is 0.534. The summed E-state index contributed by atoms with van der Waals surface area (Å²) >= 11 is 0. The van der Waals surface area contributed by atoms with Crippen LogP contribution in [-0.4, -0.2) is 5.79 Å². The molecular formula is C9H14O2. The van der Waals surface area contributed by atoms with E-state index < -0.39 is 5.79 Å². The minimum absolute atomic E-state index is 0.496. The van der Waals surface area contributed by atoms with Crippen LogP contribution >= 0.6 is 0 Å². The fourth-order valence-corrected chi connectivity index (χ4v) is 1.05. The summed E-state index contributed by atoms with van der Waals surface area (Å²) in [6, 6.07) is 0. The van der Waals surface area contributed by atoms with Gasteiger partial charge in [0.1, 0.15) is 0 Å². The lowest BCUT2D eigenvalue weighted by molar-refractivity contribution is -0.104. The van der Waals surface area contributed by atoms with Crippen LogP contribution in [0.25, 0.3) is 0 Å². The van der Waals surface area contributed by atoms with E-state index in [0.29, 0.717) is 0 Å². The molecule has 1 aliphatic heterocycles. The Kier molecular flexibility index (Phi) is 1.94. The van der Waals surface area contributed by atoms with Crippen LogP contribution in [0.5, 0.6) is 0 Å². The SMILES string of the molecule is CC=C1OC(C)(C)OC1=CC. The Morgan fingerprint density at radius 1 is 1.00 bits per heavy atom. The minimum atomic E-state index is -0.496. The van der Waals surface area contributed by atoms with Gasteiger partial charge in [0.25, 0.3) is 0 Å². The Labute approximate surface area is 67.5 Å². The van der Waals surface area contributed by atoms with E-state index in [9.17, 15) is 0 Å². The van der Waals surface area contributed by atoms with Gasteiger partial charge in [-0.2, -0.15) is 0 Å². The summed E-state index contributed by atoms with van der Waals surface area (Å²) in [6.45, 7) is 7.66. The molecule has 0 aromatic carbocycles. The Bertz CT molecular complexity index is 190. The van der Waals surface area contributed by atoms with Gasteiger partial charge >= 0.3 is 0 Å². The largest absolute Gasteiger partial charge is 0.449 e. The Balaban J connectivity index is 2.88. The predicted molar refractivity (Wildman–Crippen MR) is 43.8 cm³/mol. The van der Waals surface area contributed by atoms with Gasteiger partial charge in [-0.1, -0.05) is 0 Å². The molecule has 0 unspecified atom stereocenters. The molecule has 0 spiro atoms. The van der Waals surface area contributed by atoms with Gasteiger partial charge < -0.3 is 9.47 Å². The summed E-state index contributed by atoms with van der Waals surface area (Å²) in [4.78, 5) is 0. The zero-order chi connectivity index (χ0) is 8.48. The van der Waals surface area contributed by atoms with Crippen LogP contribution in [0.4, 0.5) is 0 Å². The third-order valence-corrected chi connectivity index (χ3v) is 1.48. The molecule has 1 saturated heterocycles. The molecule has 0 amide bonds. The van der Waals surface area contributed by atoms with E-state index in [2.05, 4.69) is 0 Å². The fraction of sp³-hybridized carbons (Fsp3) is 0.556. The van der Waals surface area contributed by atoms with Crippen molar-refractivity contribution in [1.82, 2.24) is 0 Å². The first-order valence-electron chi connectivity index (χ1n) is 3.80. The molecule has 0 bridgehead atoms. The van der Waals surface area contributed by atoms with Crippen molar-refractivity contribution in [2.75, 3.05) is 0 Å². The van der Waals surface area contributed by atoms with Gasteiger partial charge in [-0.25, -0.2) is 0 Å². The molecule has 0 N–H and O–H groups in total. The second-order valence-electron chi connectivity index (χ2n) is 2.91. The van der Waals surface area contributed by atoms with Gasteiger partial charge in [0, 0.05) is 13.8 Å². The Morgan fingerprint density at radius 3 is 1.64 bits per heavy atom. The van der Waals surface area contributed by atoms with E-state index >= 15 is 0 Å². The maximum absolute atomic E-state index is 5.47. The van der Waals surface area contributed by atoms with Crippen LogP contribution in [0.1, 0.15) is 27.7 Å². The zero-order valence-corrected chi connectivity index (χ0v) is 7.47. The molecule has 0 aliphatic carbocycles. The molecule has 11 heavy (non-hydrogen) atoms. The number of rotatable bonds is 0. The summed E-state index contributed by atoms with van der Waals surface area (Å²) in [7, 11) is 0. The van der Waals surface area contributed by atoms with E-state index in [1.165, 1.54) is 0 Å². The highest BCUT2D eigenvalue weighted by atomic mass is 16.7.